The van der Waals surface area contributed by atoms with E-state index >= 15 is 0 Å². The minimum absolute atomic E-state index is 0.0720. The van der Waals surface area contributed by atoms with Crippen molar-refractivity contribution in [1.82, 2.24) is 4.90 Å². The predicted molar refractivity (Wildman–Crippen MR) is 118 cm³/mol. The van der Waals surface area contributed by atoms with Gasteiger partial charge in [-0.05, 0) is 36.4 Å². The number of anilines is 2. The summed E-state index contributed by atoms with van der Waals surface area (Å²) in [5, 5.41) is 17.7. The summed E-state index contributed by atoms with van der Waals surface area (Å²) in [7, 11) is 0. The summed E-state index contributed by atoms with van der Waals surface area (Å²) >= 11 is 3.39. The second-order valence-corrected chi connectivity index (χ2v) is 7.50. The molecule has 2 aromatic rings. The minimum Gasteiger partial charge on any atom is -0.473 e. The summed E-state index contributed by atoms with van der Waals surface area (Å²) in [5.41, 5.74) is 2.13. The summed E-state index contributed by atoms with van der Waals surface area (Å²) in [5.74, 6) is -3.58. The lowest BCUT2D eigenvalue weighted by molar-refractivity contribution is -0.159. The van der Waals surface area contributed by atoms with Gasteiger partial charge in [-0.2, -0.15) is 0 Å². The van der Waals surface area contributed by atoms with Crippen molar-refractivity contribution in [1.29, 1.82) is 0 Å². The van der Waals surface area contributed by atoms with Crippen LogP contribution in [0.25, 0.3) is 0 Å². The second-order valence-electron chi connectivity index (χ2n) is 6.58. The maximum atomic E-state index is 12.1. The summed E-state index contributed by atoms with van der Waals surface area (Å²) in [6.07, 6.45) is 0.529. The molecular weight excluding hydrogens is 454 g/mol. The van der Waals surface area contributed by atoms with E-state index in [0.29, 0.717) is 6.42 Å². The molecule has 0 spiro atoms. The van der Waals surface area contributed by atoms with Crippen LogP contribution in [0.15, 0.2) is 59.1 Å². The van der Waals surface area contributed by atoms with E-state index < -0.39 is 11.9 Å². The molecule has 3 N–H and O–H groups in total. The number of carboxylic acids is 2. The lowest BCUT2D eigenvalue weighted by atomic mass is 10.2. The molecule has 9 heteroatoms. The smallest absolute Gasteiger partial charge is 0.414 e. The van der Waals surface area contributed by atoms with Crippen LogP contribution < -0.4 is 10.2 Å². The molecule has 3 rings (SSSR count). The number of nitrogens with zero attached hydrogens (tertiary/aromatic N) is 2. The van der Waals surface area contributed by atoms with Gasteiger partial charge in [0.05, 0.1) is 0 Å². The van der Waals surface area contributed by atoms with Crippen LogP contribution >= 0.6 is 15.9 Å². The van der Waals surface area contributed by atoms with Crippen molar-refractivity contribution in [3.63, 3.8) is 0 Å². The fourth-order valence-electron chi connectivity index (χ4n) is 2.88. The van der Waals surface area contributed by atoms with Crippen LogP contribution in [0.4, 0.5) is 11.4 Å². The van der Waals surface area contributed by atoms with Gasteiger partial charge in [-0.25, -0.2) is 9.59 Å². The molecule has 2 aromatic carbocycles. The Morgan fingerprint density at radius 1 is 0.867 bits per heavy atom. The molecular formula is C21H24BrN3O5. The zero-order valence-electron chi connectivity index (χ0n) is 16.3. The highest BCUT2D eigenvalue weighted by molar-refractivity contribution is 9.10. The van der Waals surface area contributed by atoms with E-state index in [1.807, 2.05) is 30.3 Å². The van der Waals surface area contributed by atoms with Crippen molar-refractivity contribution in [2.45, 2.75) is 6.42 Å². The highest BCUT2D eigenvalue weighted by Crippen LogP contribution is 2.16. The number of aliphatic carboxylic acids is 2. The highest BCUT2D eigenvalue weighted by atomic mass is 79.9. The first-order chi connectivity index (χ1) is 14.3. The first-order valence-electron chi connectivity index (χ1n) is 9.39. The number of carbonyl (C=O) groups is 3. The van der Waals surface area contributed by atoms with Gasteiger partial charge in [0.1, 0.15) is 0 Å². The van der Waals surface area contributed by atoms with Gasteiger partial charge in [0.25, 0.3) is 0 Å². The third-order valence-corrected chi connectivity index (χ3v) is 4.99. The number of benzene rings is 2. The van der Waals surface area contributed by atoms with Crippen LogP contribution in [-0.4, -0.2) is 65.7 Å². The van der Waals surface area contributed by atoms with E-state index in [-0.39, 0.29) is 5.91 Å². The van der Waals surface area contributed by atoms with Crippen molar-refractivity contribution in [3.05, 3.63) is 59.1 Å². The number of hydrogen-bond donors (Lipinski definition) is 3. The Kier molecular flexibility index (Phi) is 9.30. The molecule has 1 aliphatic rings. The molecule has 160 valence electrons. The van der Waals surface area contributed by atoms with Crippen LogP contribution in [0.5, 0.6) is 0 Å². The predicted octanol–water partition coefficient (Wildman–Crippen LogP) is 2.76. The highest BCUT2D eigenvalue weighted by Gasteiger charge is 2.17. The van der Waals surface area contributed by atoms with Gasteiger partial charge in [0.15, 0.2) is 0 Å². The average Bonchev–Trinajstić information content (AvgIpc) is 2.75. The Morgan fingerprint density at radius 2 is 1.43 bits per heavy atom. The fourth-order valence-corrected chi connectivity index (χ4v) is 3.15. The largest absolute Gasteiger partial charge is 0.473 e. The standard InChI is InChI=1S/C19H22BrN3O.C2H2O4/c20-16-6-8-17(9-7-16)21-19(24)10-11-22-12-14-23(15-13-22)18-4-2-1-3-5-18;3-1(4)2(5)6/h1-9H,10-15H2,(H,21,24);(H,3,4)(H,5,6). The quantitative estimate of drug-likeness (QED) is 0.567. The number of carboxylic acid groups (broad SMARTS) is 2. The van der Waals surface area contributed by atoms with E-state index in [0.717, 1.165) is 42.9 Å². The molecule has 8 nitrogen and oxygen atoms in total. The molecule has 0 unspecified atom stereocenters. The monoisotopic (exact) mass is 477 g/mol. The maximum absolute atomic E-state index is 12.1. The summed E-state index contributed by atoms with van der Waals surface area (Å²) in [6, 6.07) is 18.2. The van der Waals surface area contributed by atoms with Crippen molar-refractivity contribution in [3.8, 4) is 0 Å². The molecule has 1 fully saturated rings. The van der Waals surface area contributed by atoms with Crippen LogP contribution in [0.2, 0.25) is 0 Å². The molecule has 1 amide bonds. The van der Waals surface area contributed by atoms with E-state index in [2.05, 4.69) is 55.3 Å². The van der Waals surface area contributed by atoms with E-state index in [9.17, 15) is 4.79 Å². The van der Waals surface area contributed by atoms with Crippen molar-refractivity contribution in [2.75, 3.05) is 42.9 Å². The zero-order chi connectivity index (χ0) is 21.9. The van der Waals surface area contributed by atoms with Gasteiger partial charge < -0.3 is 20.4 Å². The molecule has 0 aliphatic carbocycles. The first kappa shape index (κ1) is 23.4. The number of rotatable bonds is 5. The first-order valence-corrected chi connectivity index (χ1v) is 10.2. The Hall–Kier alpha value is -2.91. The second kappa shape index (κ2) is 11.9. The van der Waals surface area contributed by atoms with Crippen molar-refractivity contribution >= 4 is 45.2 Å². The molecule has 1 aliphatic heterocycles. The van der Waals surface area contributed by atoms with Gasteiger partial charge in [-0.1, -0.05) is 34.1 Å². The zero-order valence-corrected chi connectivity index (χ0v) is 17.9. The lowest BCUT2D eigenvalue weighted by Crippen LogP contribution is -2.47. The topological polar surface area (TPSA) is 110 Å². The van der Waals surface area contributed by atoms with Crippen LogP contribution in [-0.2, 0) is 14.4 Å². The molecule has 1 heterocycles. The molecule has 30 heavy (non-hydrogen) atoms. The third kappa shape index (κ3) is 8.22. The molecule has 0 radical (unpaired) electrons. The van der Waals surface area contributed by atoms with Gasteiger partial charge >= 0.3 is 11.9 Å². The normalized spacial score (nSPS) is 13.7. The average molecular weight is 478 g/mol. The SMILES string of the molecule is O=C(CCN1CCN(c2ccccc2)CC1)Nc1ccc(Br)cc1.O=C(O)C(=O)O. The Bertz CT molecular complexity index is 825. The summed E-state index contributed by atoms with van der Waals surface area (Å²) in [4.78, 5) is 35.0. The van der Waals surface area contributed by atoms with Gasteiger partial charge in [-0.15, -0.1) is 0 Å². The van der Waals surface area contributed by atoms with Gasteiger partial charge in [0, 0.05) is 55.0 Å². The molecule has 0 atom stereocenters. The number of amides is 1. The van der Waals surface area contributed by atoms with Crippen molar-refractivity contribution < 1.29 is 24.6 Å². The molecule has 1 saturated heterocycles. The van der Waals surface area contributed by atoms with Crippen molar-refractivity contribution in [2.24, 2.45) is 0 Å². The van der Waals surface area contributed by atoms with Crippen LogP contribution in [0.1, 0.15) is 6.42 Å². The van der Waals surface area contributed by atoms with Gasteiger partial charge in [-0.3, -0.25) is 9.69 Å². The van der Waals surface area contributed by atoms with Crippen LogP contribution in [0, 0.1) is 0 Å². The van der Waals surface area contributed by atoms with E-state index in [1.165, 1.54) is 5.69 Å². The van der Waals surface area contributed by atoms with Gasteiger partial charge in [0.2, 0.25) is 5.91 Å². The molecule has 0 aromatic heterocycles. The minimum atomic E-state index is -1.82. The van der Waals surface area contributed by atoms with E-state index in [1.54, 1.807) is 0 Å². The summed E-state index contributed by atoms with van der Waals surface area (Å²) < 4.78 is 1.01. The lowest BCUT2D eigenvalue weighted by Gasteiger charge is -2.36. The number of piperazine rings is 1. The number of para-hydroxylation sites is 1. The Morgan fingerprint density at radius 3 is 1.97 bits per heavy atom. The number of hydrogen-bond acceptors (Lipinski definition) is 5. The Balaban J connectivity index is 0.000000469. The Labute approximate surface area is 183 Å². The number of carbonyl (C=O) groups excluding carboxylic acids is 1. The number of nitrogens with one attached hydrogen (secondary N) is 1. The molecule has 0 saturated carbocycles. The maximum Gasteiger partial charge on any atom is 0.414 e. The molecule has 0 bridgehead atoms. The number of halogens is 1. The third-order valence-electron chi connectivity index (χ3n) is 4.46. The van der Waals surface area contributed by atoms with E-state index in [4.69, 9.17) is 19.8 Å². The van der Waals surface area contributed by atoms with Crippen LogP contribution in [0.3, 0.4) is 0 Å². The summed E-state index contributed by atoms with van der Waals surface area (Å²) in [6.45, 7) is 4.84. The fraction of sp³-hybridized carbons (Fsp3) is 0.286.